The Morgan fingerprint density at radius 3 is 2.78 bits per heavy atom. The molecule has 1 aliphatic heterocycles. The highest BCUT2D eigenvalue weighted by atomic mass is 16.5. The number of carboxylic acid groups (broad SMARTS) is 1. The smallest absolute Gasteiger partial charge is 0.335 e. The summed E-state index contributed by atoms with van der Waals surface area (Å²) in [5.74, 6) is 0.223. The lowest BCUT2D eigenvalue weighted by atomic mass is 9.87. The minimum atomic E-state index is -0.855. The van der Waals surface area contributed by atoms with Crippen molar-refractivity contribution in [2.24, 2.45) is 0 Å². The van der Waals surface area contributed by atoms with Gasteiger partial charge >= 0.3 is 5.97 Å². The fourth-order valence-corrected chi connectivity index (χ4v) is 2.46. The number of benzene rings is 1. The SMILES string of the molecule is CCOc1ccc(C(=O)O)c(C2CCNCC2)c1. The van der Waals surface area contributed by atoms with Crippen molar-refractivity contribution >= 4 is 5.97 Å². The van der Waals surface area contributed by atoms with E-state index in [9.17, 15) is 9.90 Å². The van der Waals surface area contributed by atoms with Crippen molar-refractivity contribution in [2.45, 2.75) is 25.7 Å². The van der Waals surface area contributed by atoms with Gasteiger partial charge in [0.25, 0.3) is 0 Å². The lowest BCUT2D eigenvalue weighted by molar-refractivity contribution is 0.0694. The average molecular weight is 249 g/mol. The van der Waals surface area contributed by atoms with E-state index >= 15 is 0 Å². The lowest BCUT2D eigenvalue weighted by Crippen LogP contribution is -2.27. The standard InChI is InChI=1S/C14H19NO3/c1-2-18-11-3-4-12(14(16)17)13(9-11)10-5-7-15-8-6-10/h3-4,9-10,15H,2,5-8H2,1H3,(H,16,17). The first-order valence-corrected chi connectivity index (χ1v) is 6.43. The molecule has 1 heterocycles. The average Bonchev–Trinajstić information content (AvgIpc) is 2.40. The second-order valence-corrected chi connectivity index (χ2v) is 4.51. The summed E-state index contributed by atoms with van der Waals surface area (Å²) in [5, 5.41) is 12.6. The van der Waals surface area contributed by atoms with Crippen LogP contribution >= 0.6 is 0 Å². The Balaban J connectivity index is 2.33. The van der Waals surface area contributed by atoms with Gasteiger partial charge in [-0.15, -0.1) is 0 Å². The van der Waals surface area contributed by atoms with E-state index in [2.05, 4.69) is 5.32 Å². The van der Waals surface area contributed by atoms with Gasteiger partial charge in [0.05, 0.1) is 12.2 Å². The maximum atomic E-state index is 11.3. The maximum Gasteiger partial charge on any atom is 0.335 e. The molecule has 1 fully saturated rings. The van der Waals surface area contributed by atoms with E-state index in [1.807, 2.05) is 13.0 Å². The predicted molar refractivity (Wildman–Crippen MR) is 69.4 cm³/mol. The maximum absolute atomic E-state index is 11.3. The number of carbonyl (C=O) groups is 1. The van der Waals surface area contributed by atoms with Gasteiger partial charge in [0.1, 0.15) is 5.75 Å². The molecule has 0 unspecified atom stereocenters. The molecule has 1 aliphatic rings. The van der Waals surface area contributed by atoms with Gasteiger partial charge in [0.2, 0.25) is 0 Å². The van der Waals surface area contributed by atoms with Crippen LogP contribution in [0.25, 0.3) is 0 Å². The van der Waals surface area contributed by atoms with Crippen LogP contribution in [0.2, 0.25) is 0 Å². The van der Waals surface area contributed by atoms with Crippen LogP contribution in [-0.2, 0) is 0 Å². The third-order valence-electron chi connectivity index (χ3n) is 3.34. The van der Waals surface area contributed by atoms with E-state index in [0.717, 1.165) is 37.2 Å². The van der Waals surface area contributed by atoms with Crippen LogP contribution in [-0.4, -0.2) is 30.8 Å². The third-order valence-corrected chi connectivity index (χ3v) is 3.34. The molecule has 0 atom stereocenters. The molecule has 0 radical (unpaired) electrons. The van der Waals surface area contributed by atoms with Crippen molar-refractivity contribution in [1.29, 1.82) is 0 Å². The molecule has 0 bridgehead atoms. The van der Waals surface area contributed by atoms with Crippen LogP contribution in [0.4, 0.5) is 0 Å². The molecule has 4 heteroatoms. The molecule has 1 saturated heterocycles. The Kier molecular flexibility index (Phi) is 4.20. The highest BCUT2D eigenvalue weighted by Crippen LogP contribution is 2.31. The van der Waals surface area contributed by atoms with Crippen LogP contribution in [0.1, 0.15) is 41.6 Å². The molecule has 98 valence electrons. The first-order chi connectivity index (χ1) is 8.72. The number of hydrogen-bond acceptors (Lipinski definition) is 3. The summed E-state index contributed by atoms with van der Waals surface area (Å²) in [6.45, 7) is 4.42. The van der Waals surface area contributed by atoms with Gasteiger partial charge in [-0.1, -0.05) is 0 Å². The highest BCUT2D eigenvalue weighted by molar-refractivity contribution is 5.89. The topological polar surface area (TPSA) is 58.6 Å². The van der Waals surface area contributed by atoms with Gasteiger partial charge in [0, 0.05) is 0 Å². The zero-order chi connectivity index (χ0) is 13.0. The zero-order valence-corrected chi connectivity index (χ0v) is 10.6. The molecule has 18 heavy (non-hydrogen) atoms. The molecule has 0 spiro atoms. The predicted octanol–water partition coefficient (Wildman–Crippen LogP) is 2.25. The van der Waals surface area contributed by atoms with E-state index in [-0.39, 0.29) is 0 Å². The second-order valence-electron chi connectivity index (χ2n) is 4.51. The quantitative estimate of drug-likeness (QED) is 0.859. The Morgan fingerprint density at radius 2 is 2.17 bits per heavy atom. The third kappa shape index (κ3) is 2.82. The fourth-order valence-electron chi connectivity index (χ4n) is 2.46. The van der Waals surface area contributed by atoms with Crippen molar-refractivity contribution in [3.8, 4) is 5.75 Å². The molecular weight excluding hydrogens is 230 g/mol. The van der Waals surface area contributed by atoms with Crippen LogP contribution in [0.5, 0.6) is 5.75 Å². The Morgan fingerprint density at radius 1 is 1.44 bits per heavy atom. The summed E-state index contributed by atoms with van der Waals surface area (Å²) < 4.78 is 5.46. The Labute approximate surface area is 107 Å². The summed E-state index contributed by atoms with van der Waals surface area (Å²) in [7, 11) is 0. The highest BCUT2D eigenvalue weighted by Gasteiger charge is 2.21. The van der Waals surface area contributed by atoms with Crippen LogP contribution in [0.3, 0.4) is 0 Å². The largest absolute Gasteiger partial charge is 0.494 e. The van der Waals surface area contributed by atoms with Gasteiger partial charge < -0.3 is 15.2 Å². The second kappa shape index (κ2) is 5.87. The van der Waals surface area contributed by atoms with Crippen molar-refractivity contribution in [2.75, 3.05) is 19.7 Å². The van der Waals surface area contributed by atoms with E-state index in [0.29, 0.717) is 18.1 Å². The number of carboxylic acids is 1. The molecule has 1 aromatic carbocycles. The number of piperidine rings is 1. The number of aromatic carboxylic acids is 1. The Hall–Kier alpha value is -1.55. The molecular formula is C14H19NO3. The van der Waals surface area contributed by atoms with E-state index in [1.54, 1.807) is 12.1 Å². The lowest BCUT2D eigenvalue weighted by Gasteiger charge is -2.24. The van der Waals surface area contributed by atoms with E-state index < -0.39 is 5.97 Å². The van der Waals surface area contributed by atoms with Gasteiger partial charge in [-0.05, 0) is 62.5 Å². The normalized spacial score (nSPS) is 16.5. The molecule has 2 N–H and O–H groups in total. The first-order valence-electron chi connectivity index (χ1n) is 6.43. The molecule has 0 aliphatic carbocycles. The zero-order valence-electron chi connectivity index (χ0n) is 10.6. The van der Waals surface area contributed by atoms with Crippen LogP contribution in [0, 0.1) is 0 Å². The van der Waals surface area contributed by atoms with Gasteiger partial charge in [-0.3, -0.25) is 0 Å². The van der Waals surface area contributed by atoms with E-state index in [1.165, 1.54) is 0 Å². The Bertz CT molecular complexity index is 425. The van der Waals surface area contributed by atoms with E-state index in [4.69, 9.17) is 4.74 Å². The summed E-state index contributed by atoms with van der Waals surface area (Å²) in [4.78, 5) is 11.3. The number of ether oxygens (including phenoxy) is 1. The van der Waals surface area contributed by atoms with Crippen molar-refractivity contribution in [3.05, 3.63) is 29.3 Å². The van der Waals surface area contributed by atoms with Gasteiger partial charge in [0.15, 0.2) is 0 Å². The van der Waals surface area contributed by atoms with Crippen molar-refractivity contribution in [1.82, 2.24) is 5.32 Å². The number of rotatable bonds is 4. The first kappa shape index (κ1) is 12.9. The number of nitrogens with one attached hydrogen (secondary N) is 1. The molecule has 1 aromatic rings. The monoisotopic (exact) mass is 249 g/mol. The van der Waals surface area contributed by atoms with Crippen LogP contribution in [0.15, 0.2) is 18.2 Å². The molecule has 0 saturated carbocycles. The molecule has 4 nitrogen and oxygen atoms in total. The molecule has 0 amide bonds. The van der Waals surface area contributed by atoms with Crippen LogP contribution < -0.4 is 10.1 Å². The van der Waals surface area contributed by atoms with Crippen molar-refractivity contribution in [3.63, 3.8) is 0 Å². The minimum absolute atomic E-state index is 0.317. The summed E-state index contributed by atoms with van der Waals surface area (Å²) in [5.41, 5.74) is 1.32. The number of hydrogen-bond donors (Lipinski definition) is 2. The van der Waals surface area contributed by atoms with Gasteiger partial charge in [-0.25, -0.2) is 4.79 Å². The molecule has 2 rings (SSSR count). The summed E-state index contributed by atoms with van der Waals surface area (Å²) in [6, 6.07) is 5.28. The van der Waals surface area contributed by atoms with Crippen molar-refractivity contribution < 1.29 is 14.6 Å². The fraction of sp³-hybridized carbons (Fsp3) is 0.500. The van der Waals surface area contributed by atoms with Gasteiger partial charge in [-0.2, -0.15) is 0 Å². The minimum Gasteiger partial charge on any atom is -0.494 e. The summed E-state index contributed by atoms with van der Waals surface area (Å²) in [6.07, 6.45) is 1.96. The summed E-state index contributed by atoms with van der Waals surface area (Å²) >= 11 is 0. The molecule has 0 aromatic heterocycles.